The summed E-state index contributed by atoms with van der Waals surface area (Å²) in [6, 6.07) is -2.69. The first-order valence-corrected chi connectivity index (χ1v) is 12.5. The lowest BCUT2D eigenvalue weighted by atomic mass is 10.0. The highest BCUT2D eigenvalue weighted by molar-refractivity contribution is 7.98. The number of hydrogen-bond donors (Lipinski definition) is 4. The molecule has 2 rings (SSSR count). The van der Waals surface area contributed by atoms with Crippen molar-refractivity contribution in [1.29, 1.82) is 0 Å². The van der Waals surface area contributed by atoms with Crippen molar-refractivity contribution < 1.29 is 24.3 Å². The Balaban J connectivity index is 2.09. The van der Waals surface area contributed by atoms with E-state index >= 15 is 0 Å². The first kappa shape index (κ1) is 25.5. The zero-order valence-corrected chi connectivity index (χ0v) is 19.5. The highest BCUT2D eigenvalue weighted by Gasteiger charge is 2.38. The average molecular weight is 457 g/mol. The van der Waals surface area contributed by atoms with E-state index in [0.717, 1.165) is 19.4 Å². The quantitative estimate of drug-likeness (QED) is 0.358. The first-order valence-electron chi connectivity index (χ1n) is 11.1. The Morgan fingerprint density at radius 1 is 1.13 bits per heavy atom. The molecule has 176 valence electrons. The normalized spacial score (nSPS) is 22.9. The number of likely N-dealkylation sites (tertiary alicyclic amines) is 1. The summed E-state index contributed by atoms with van der Waals surface area (Å²) in [4.78, 5) is 51.7. The van der Waals surface area contributed by atoms with E-state index in [0.29, 0.717) is 38.0 Å². The summed E-state index contributed by atoms with van der Waals surface area (Å²) in [6.07, 6.45) is 5.50. The van der Waals surface area contributed by atoms with Crippen LogP contribution in [0.2, 0.25) is 0 Å². The summed E-state index contributed by atoms with van der Waals surface area (Å²) in [5.74, 6) is -1.16. The van der Waals surface area contributed by atoms with Crippen LogP contribution in [0.5, 0.6) is 0 Å². The van der Waals surface area contributed by atoms with Crippen molar-refractivity contribution >= 4 is 35.5 Å². The van der Waals surface area contributed by atoms with E-state index in [1.54, 1.807) is 11.8 Å². The highest BCUT2D eigenvalue weighted by Crippen LogP contribution is 2.20. The number of carbonyl (C=O) groups excluding carboxylic acids is 3. The lowest BCUT2D eigenvalue weighted by Gasteiger charge is -2.29. The van der Waals surface area contributed by atoms with E-state index in [1.807, 2.05) is 20.1 Å². The summed E-state index contributed by atoms with van der Waals surface area (Å²) >= 11 is 1.58. The Morgan fingerprint density at radius 2 is 1.87 bits per heavy atom. The summed E-state index contributed by atoms with van der Waals surface area (Å²) in [7, 11) is 0. The molecule has 2 fully saturated rings. The molecule has 0 aromatic rings. The molecule has 4 atom stereocenters. The fourth-order valence-electron chi connectivity index (χ4n) is 4.14. The van der Waals surface area contributed by atoms with E-state index in [-0.39, 0.29) is 23.8 Å². The molecule has 0 aromatic heterocycles. The van der Waals surface area contributed by atoms with Gasteiger partial charge in [-0.15, -0.1) is 0 Å². The molecule has 2 aliphatic rings. The smallest absolute Gasteiger partial charge is 0.326 e. The fraction of sp³-hybridized carbons (Fsp3) is 0.810. The van der Waals surface area contributed by atoms with Crippen molar-refractivity contribution in [1.82, 2.24) is 20.9 Å². The van der Waals surface area contributed by atoms with Crippen LogP contribution >= 0.6 is 11.8 Å². The van der Waals surface area contributed by atoms with Crippen molar-refractivity contribution in [2.75, 3.05) is 25.1 Å². The molecule has 0 spiro atoms. The monoisotopic (exact) mass is 456 g/mol. The number of rotatable bonds is 11. The SMILES string of the molecule is CSCCC(NC(=O)C1CCCN1)C(=O)NC(CC(C)C)C(=O)N1CCCC1C(=O)O. The molecular weight excluding hydrogens is 420 g/mol. The average Bonchev–Trinajstić information content (AvgIpc) is 3.41. The molecule has 9 nitrogen and oxygen atoms in total. The topological polar surface area (TPSA) is 128 Å². The molecule has 0 saturated carbocycles. The maximum Gasteiger partial charge on any atom is 0.326 e. The molecule has 10 heteroatoms. The van der Waals surface area contributed by atoms with Gasteiger partial charge in [0.1, 0.15) is 18.1 Å². The summed E-state index contributed by atoms with van der Waals surface area (Å²) in [6.45, 7) is 5.05. The number of amides is 3. The number of carboxylic acids is 1. The van der Waals surface area contributed by atoms with Crippen LogP contribution in [0.15, 0.2) is 0 Å². The number of carboxylic acid groups (broad SMARTS) is 1. The Kier molecular flexibility index (Phi) is 10.1. The molecule has 0 aromatic carbocycles. The summed E-state index contributed by atoms with van der Waals surface area (Å²) in [5, 5.41) is 18.2. The minimum Gasteiger partial charge on any atom is -0.480 e. The number of nitrogens with zero attached hydrogens (tertiary/aromatic N) is 1. The van der Waals surface area contributed by atoms with Crippen molar-refractivity contribution in [2.24, 2.45) is 5.92 Å². The highest BCUT2D eigenvalue weighted by atomic mass is 32.2. The van der Waals surface area contributed by atoms with E-state index < -0.39 is 30.0 Å². The predicted octanol–water partition coefficient (Wildman–Crippen LogP) is 0.583. The molecule has 4 N–H and O–H groups in total. The van der Waals surface area contributed by atoms with E-state index in [9.17, 15) is 24.3 Å². The van der Waals surface area contributed by atoms with Gasteiger partial charge >= 0.3 is 5.97 Å². The van der Waals surface area contributed by atoms with Gasteiger partial charge in [0.05, 0.1) is 6.04 Å². The minimum absolute atomic E-state index is 0.127. The maximum absolute atomic E-state index is 13.1. The van der Waals surface area contributed by atoms with Crippen molar-refractivity contribution in [3.05, 3.63) is 0 Å². The molecule has 3 amide bonds. The van der Waals surface area contributed by atoms with Gasteiger partial charge in [-0.25, -0.2) is 4.79 Å². The molecule has 4 unspecified atom stereocenters. The van der Waals surface area contributed by atoms with Gasteiger partial charge in [-0.1, -0.05) is 13.8 Å². The van der Waals surface area contributed by atoms with Crippen LogP contribution in [0.25, 0.3) is 0 Å². The molecule has 2 aliphatic heterocycles. The standard InChI is InChI=1S/C21H36N4O5S/c1-13(2)12-16(20(28)25-10-5-7-17(25)21(29)30)24-19(27)15(8-11-31-3)23-18(26)14-6-4-9-22-14/h13-17,22H,4-12H2,1-3H3,(H,23,26)(H,24,27)(H,29,30). The molecule has 2 heterocycles. The van der Waals surface area contributed by atoms with Crippen molar-refractivity contribution in [2.45, 2.75) is 76.5 Å². The van der Waals surface area contributed by atoms with Gasteiger partial charge in [-0.05, 0) is 63.0 Å². The Bertz CT molecular complexity index is 654. The maximum atomic E-state index is 13.1. The van der Waals surface area contributed by atoms with Crippen LogP contribution in [-0.4, -0.2) is 83.0 Å². The molecular formula is C21H36N4O5S. The number of hydrogen-bond acceptors (Lipinski definition) is 6. The van der Waals surface area contributed by atoms with Crippen molar-refractivity contribution in [3.8, 4) is 0 Å². The second-order valence-corrected chi connectivity index (χ2v) is 9.70. The Labute approximate surface area is 188 Å². The number of carbonyl (C=O) groups is 4. The number of thioether (sulfide) groups is 1. The zero-order valence-electron chi connectivity index (χ0n) is 18.7. The van der Waals surface area contributed by atoms with E-state index in [4.69, 9.17) is 0 Å². The summed E-state index contributed by atoms with van der Waals surface area (Å²) < 4.78 is 0. The Morgan fingerprint density at radius 3 is 2.45 bits per heavy atom. The number of aliphatic carboxylic acids is 1. The third-order valence-corrected chi connectivity index (χ3v) is 6.41. The minimum atomic E-state index is -1.02. The number of nitrogens with one attached hydrogen (secondary N) is 3. The largest absolute Gasteiger partial charge is 0.480 e. The fourth-order valence-corrected chi connectivity index (χ4v) is 4.61. The molecule has 31 heavy (non-hydrogen) atoms. The van der Waals surface area contributed by atoms with Crippen LogP contribution in [0.1, 0.15) is 52.4 Å². The van der Waals surface area contributed by atoms with E-state index in [2.05, 4.69) is 16.0 Å². The lowest BCUT2D eigenvalue weighted by molar-refractivity contribution is -0.149. The van der Waals surface area contributed by atoms with Gasteiger partial charge in [0, 0.05) is 6.54 Å². The summed E-state index contributed by atoms with van der Waals surface area (Å²) in [5.41, 5.74) is 0. The molecule has 0 radical (unpaired) electrons. The van der Waals surface area contributed by atoms with Gasteiger partial charge in [0.25, 0.3) is 0 Å². The van der Waals surface area contributed by atoms with Gasteiger partial charge in [-0.2, -0.15) is 11.8 Å². The second kappa shape index (κ2) is 12.3. The molecule has 0 bridgehead atoms. The Hall–Kier alpha value is -1.81. The predicted molar refractivity (Wildman–Crippen MR) is 120 cm³/mol. The van der Waals surface area contributed by atoms with Crippen molar-refractivity contribution in [3.63, 3.8) is 0 Å². The van der Waals surface area contributed by atoms with Gasteiger partial charge in [-0.3, -0.25) is 14.4 Å². The lowest BCUT2D eigenvalue weighted by Crippen LogP contribution is -2.57. The molecule has 2 saturated heterocycles. The van der Waals surface area contributed by atoms with Gasteiger partial charge in [0.2, 0.25) is 17.7 Å². The van der Waals surface area contributed by atoms with E-state index in [1.165, 1.54) is 4.90 Å². The van der Waals surface area contributed by atoms with Crippen LogP contribution in [0, 0.1) is 5.92 Å². The first-order chi connectivity index (χ1) is 14.7. The van der Waals surface area contributed by atoms with Gasteiger partial charge in [0.15, 0.2) is 0 Å². The third kappa shape index (κ3) is 7.38. The third-order valence-electron chi connectivity index (χ3n) is 5.76. The van der Waals surface area contributed by atoms with Gasteiger partial charge < -0.3 is 26.0 Å². The van der Waals surface area contributed by atoms with Crippen LogP contribution < -0.4 is 16.0 Å². The second-order valence-electron chi connectivity index (χ2n) is 8.71. The van der Waals surface area contributed by atoms with Crippen LogP contribution in [0.3, 0.4) is 0 Å². The van der Waals surface area contributed by atoms with Crippen LogP contribution in [-0.2, 0) is 19.2 Å². The van der Waals surface area contributed by atoms with Crippen LogP contribution in [0.4, 0.5) is 0 Å². The zero-order chi connectivity index (χ0) is 23.0. The molecule has 0 aliphatic carbocycles.